The number of rotatable bonds is 11. The predicted octanol–water partition coefficient (Wildman–Crippen LogP) is 1.08. The number of aliphatic carboxylic acids is 2. The van der Waals surface area contributed by atoms with Crippen LogP contribution in [0.4, 0.5) is 0 Å². The summed E-state index contributed by atoms with van der Waals surface area (Å²) in [5, 5.41) is 20.8. The first-order valence-corrected chi connectivity index (χ1v) is 11.6. The van der Waals surface area contributed by atoms with Gasteiger partial charge < -0.3 is 41.1 Å². The van der Waals surface area contributed by atoms with Crippen LogP contribution in [0.25, 0.3) is 21.8 Å². The molecule has 0 fully saturated rings. The molecule has 0 amide bonds. The van der Waals surface area contributed by atoms with Gasteiger partial charge in [0.1, 0.15) is 12.1 Å². The van der Waals surface area contributed by atoms with Crippen LogP contribution in [0.3, 0.4) is 0 Å². The second-order valence-corrected chi connectivity index (χ2v) is 8.73. The van der Waals surface area contributed by atoms with E-state index in [1.165, 1.54) is 0 Å². The molecule has 38 heavy (non-hydrogen) atoms. The summed E-state index contributed by atoms with van der Waals surface area (Å²) in [6, 6.07) is 11.9. The molecule has 12 heteroatoms. The Hall–Kier alpha value is -4.68. The second-order valence-electron chi connectivity index (χ2n) is 8.73. The number of hydrogen-bond donors (Lipinski definition) is 6. The maximum absolute atomic E-state index is 12.6. The average Bonchev–Trinajstić information content (AvgIpc) is 3.49. The molecule has 198 valence electrons. The van der Waals surface area contributed by atoms with Crippen molar-refractivity contribution in [2.75, 3.05) is 0 Å². The first-order valence-electron chi connectivity index (χ1n) is 11.6. The Morgan fingerprint density at radius 1 is 0.684 bits per heavy atom. The van der Waals surface area contributed by atoms with Gasteiger partial charge in [0.2, 0.25) is 12.2 Å². The Labute approximate surface area is 215 Å². The molecule has 0 bridgehead atoms. The molecule has 2 aromatic carbocycles. The van der Waals surface area contributed by atoms with Gasteiger partial charge in [-0.1, -0.05) is 36.4 Å². The Balaban J connectivity index is 1.43. The lowest BCUT2D eigenvalue weighted by Crippen LogP contribution is -2.50. The van der Waals surface area contributed by atoms with Crippen LogP contribution < -0.4 is 11.5 Å². The van der Waals surface area contributed by atoms with Crippen molar-refractivity contribution in [2.24, 2.45) is 11.5 Å². The van der Waals surface area contributed by atoms with Crippen LogP contribution in [0.2, 0.25) is 0 Å². The van der Waals surface area contributed by atoms with E-state index < -0.39 is 48.2 Å². The number of nitrogens with one attached hydrogen (secondary N) is 2. The van der Waals surface area contributed by atoms with Crippen molar-refractivity contribution in [2.45, 2.75) is 37.1 Å². The van der Waals surface area contributed by atoms with Gasteiger partial charge in [0.05, 0.1) is 0 Å². The van der Waals surface area contributed by atoms with Gasteiger partial charge in [-0.15, -0.1) is 0 Å². The summed E-state index contributed by atoms with van der Waals surface area (Å²) in [6.45, 7) is 0. The van der Waals surface area contributed by atoms with E-state index in [0.717, 1.165) is 21.8 Å². The molecule has 0 saturated carbocycles. The highest BCUT2D eigenvalue weighted by atomic mass is 16.6. The van der Waals surface area contributed by atoms with Crippen molar-refractivity contribution in [1.82, 2.24) is 9.97 Å². The van der Waals surface area contributed by atoms with Crippen LogP contribution in [0, 0.1) is 0 Å². The lowest BCUT2D eigenvalue weighted by Gasteiger charge is -2.23. The molecule has 4 atom stereocenters. The number of carbonyl (C=O) groups excluding carboxylic acids is 2. The summed E-state index contributed by atoms with van der Waals surface area (Å²) < 4.78 is 9.85. The molecule has 0 aliphatic rings. The predicted molar refractivity (Wildman–Crippen MR) is 135 cm³/mol. The van der Waals surface area contributed by atoms with E-state index in [1.807, 2.05) is 36.4 Å². The minimum Gasteiger partial charge on any atom is -0.478 e. The maximum Gasteiger partial charge on any atom is 0.349 e. The number of carboxylic acids is 2. The molecule has 0 spiro atoms. The largest absolute Gasteiger partial charge is 0.478 e. The molecule has 0 aliphatic carbocycles. The summed E-state index contributed by atoms with van der Waals surface area (Å²) in [4.78, 5) is 55.0. The number of hydrogen-bond acceptors (Lipinski definition) is 8. The van der Waals surface area contributed by atoms with Crippen molar-refractivity contribution < 1.29 is 38.9 Å². The van der Waals surface area contributed by atoms with Crippen LogP contribution >= 0.6 is 0 Å². The minimum absolute atomic E-state index is 0.0117. The van der Waals surface area contributed by atoms with Gasteiger partial charge in [0, 0.05) is 47.0 Å². The van der Waals surface area contributed by atoms with E-state index in [-0.39, 0.29) is 12.8 Å². The van der Waals surface area contributed by atoms with E-state index in [9.17, 15) is 29.4 Å². The molecule has 8 N–H and O–H groups in total. The monoisotopic (exact) mass is 522 g/mol. The van der Waals surface area contributed by atoms with Crippen molar-refractivity contribution in [3.63, 3.8) is 0 Å². The maximum atomic E-state index is 12.6. The fourth-order valence-electron chi connectivity index (χ4n) is 4.15. The molecule has 12 nitrogen and oxygen atoms in total. The third-order valence-electron chi connectivity index (χ3n) is 6.08. The van der Waals surface area contributed by atoms with E-state index >= 15 is 0 Å². The smallest absolute Gasteiger partial charge is 0.349 e. The van der Waals surface area contributed by atoms with Crippen LogP contribution in [0.5, 0.6) is 0 Å². The van der Waals surface area contributed by atoms with Crippen molar-refractivity contribution in [3.05, 3.63) is 72.1 Å². The Bertz CT molecular complexity index is 1380. The Morgan fingerprint density at radius 3 is 1.42 bits per heavy atom. The van der Waals surface area contributed by atoms with E-state index in [2.05, 4.69) is 9.97 Å². The molecule has 4 aromatic rings. The first-order chi connectivity index (χ1) is 18.2. The number of H-pyrrole nitrogens is 2. The normalized spacial score (nSPS) is 14.5. The molecular formula is C26H26N4O8. The molecule has 2 aromatic heterocycles. The fourth-order valence-corrected chi connectivity index (χ4v) is 4.15. The molecule has 0 saturated heterocycles. The van der Waals surface area contributed by atoms with Gasteiger partial charge in [-0.25, -0.2) is 9.59 Å². The molecule has 2 unspecified atom stereocenters. The van der Waals surface area contributed by atoms with Gasteiger partial charge in [-0.3, -0.25) is 9.59 Å². The highest BCUT2D eigenvalue weighted by Gasteiger charge is 2.42. The summed E-state index contributed by atoms with van der Waals surface area (Å²) in [7, 11) is 0. The van der Waals surface area contributed by atoms with Crippen LogP contribution in [-0.2, 0) is 41.5 Å². The molecule has 4 rings (SSSR count). The fraction of sp³-hybridized carbons (Fsp3) is 0.231. The van der Waals surface area contributed by atoms with Crippen molar-refractivity contribution >= 4 is 45.7 Å². The zero-order chi connectivity index (χ0) is 27.4. The number of fused-ring (bicyclic) bond motifs is 2. The highest BCUT2D eigenvalue weighted by molar-refractivity contribution is 5.90. The Kier molecular flexibility index (Phi) is 7.74. The number of nitrogens with two attached hydrogens (primary N) is 2. The standard InChI is InChI=1S/C26H26N4O8/c27-17(9-13-11-29-19-7-3-1-5-15(13)19)25(35)37-21(23(31)32)22(24(33)34)38-26(36)18(28)10-14-12-30-20-8-4-2-6-16(14)20/h1-8,11-12,17-18,21-22,29-30H,9-10,27-28H2,(H,31,32)(H,33,34)/t17-,18-,21?,22?/m1/s1. The summed E-state index contributed by atoms with van der Waals surface area (Å²) in [6.07, 6.45) is -1.41. The van der Waals surface area contributed by atoms with E-state index in [4.69, 9.17) is 20.9 Å². The summed E-state index contributed by atoms with van der Waals surface area (Å²) in [5.74, 6) is -6.01. The first kappa shape index (κ1) is 26.4. The van der Waals surface area contributed by atoms with E-state index in [0.29, 0.717) is 11.1 Å². The quantitative estimate of drug-likeness (QED) is 0.154. The third-order valence-corrected chi connectivity index (χ3v) is 6.08. The minimum atomic E-state index is -2.35. The SMILES string of the molecule is N[C@H](Cc1c[nH]c2ccccc12)C(=O)OC(C(=O)O)C(OC(=O)[C@H](N)Cc1c[nH]c2ccccc12)C(=O)O. The number of ether oxygens (including phenoxy) is 2. The van der Waals surface area contributed by atoms with Crippen molar-refractivity contribution in [3.8, 4) is 0 Å². The second kappa shape index (κ2) is 11.2. The van der Waals surface area contributed by atoms with Gasteiger partial charge in [0.25, 0.3) is 0 Å². The zero-order valence-corrected chi connectivity index (χ0v) is 20.0. The van der Waals surface area contributed by atoms with Gasteiger partial charge in [-0.2, -0.15) is 0 Å². The Morgan fingerprint density at radius 2 is 1.05 bits per heavy atom. The summed E-state index contributed by atoms with van der Waals surface area (Å²) in [5.41, 5.74) is 14.9. The number of carboxylic acid groups (broad SMARTS) is 2. The topological polar surface area (TPSA) is 211 Å². The third kappa shape index (κ3) is 5.66. The lowest BCUT2D eigenvalue weighted by molar-refractivity contribution is -0.188. The van der Waals surface area contributed by atoms with Crippen LogP contribution in [-0.4, -0.2) is 68.3 Å². The zero-order valence-electron chi connectivity index (χ0n) is 20.0. The average molecular weight is 523 g/mol. The number of aromatic amines is 2. The van der Waals surface area contributed by atoms with Crippen LogP contribution in [0.1, 0.15) is 11.1 Å². The molecular weight excluding hydrogens is 496 g/mol. The summed E-state index contributed by atoms with van der Waals surface area (Å²) >= 11 is 0. The number of carbonyl (C=O) groups is 4. The molecule has 0 radical (unpaired) electrons. The van der Waals surface area contributed by atoms with Gasteiger partial charge in [0.15, 0.2) is 0 Å². The van der Waals surface area contributed by atoms with Crippen LogP contribution in [0.15, 0.2) is 60.9 Å². The molecule has 2 heterocycles. The van der Waals surface area contributed by atoms with Gasteiger partial charge >= 0.3 is 23.9 Å². The lowest BCUT2D eigenvalue weighted by atomic mass is 10.1. The van der Waals surface area contributed by atoms with Gasteiger partial charge in [-0.05, 0) is 23.3 Å². The number of benzene rings is 2. The molecule has 0 aliphatic heterocycles. The number of para-hydroxylation sites is 2. The van der Waals surface area contributed by atoms with Crippen molar-refractivity contribution in [1.29, 1.82) is 0 Å². The highest BCUT2D eigenvalue weighted by Crippen LogP contribution is 2.21. The van der Waals surface area contributed by atoms with E-state index in [1.54, 1.807) is 24.5 Å². The number of aromatic nitrogens is 2. The number of esters is 2.